The molecule has 1 aliphatic heterocycles. The number of thioether (sulfide) groups is 2. The Morgan fingerprint density at radius 1 is 0.947 bits per heavy atom. The Hall–Kier alpha value is -1.80. The summed E-state index contributed by atoms with van der Waals surface area (Å²) in [5.41, 5.74) is -0.261. The molecule has 3 atom stereocenters. The van der Waals surface area contributed by atoms with Crippen molar-refractivity contribution in [3.05, 3.63) is 72.3 Å². The summed E-state index contributed by atoms with van der Waals surface area (Å²) in [6.07, 6.45) is 4.01. The fraction of sp³-hybridized carbons (Fsp3) is 0.484. The number of allylic oxidation sites excluding steroid dienone is 1. The zero-order valence-electron chi connectivity index (χ0n) is 22.8. The second kappa shape index (κ2) is 11.0. The van der Waals surface area contributed by atoms with Crippen LogP contribution in [0, 0.1) is 11.3 Å². The Morgan fingerprint density at radius 2 is 1.53 bits per heavy atom. The molecular formula is C31H38O4S2Si. The number of fused-ring (bicyclic) bond motifs is 1. The molecule has 3 aliphatic rings. The lowest BCUT2D eigenvalue weighted by atomic mass is 9.75. The number of hydrogen-bond acceptors (Lipinski definition) is 6. The van der Waals surface area contributed by atoms with Crippen molar-refractivity contribution in [2.45, 2.75) is 62.2 Å². The van der Waals surface area contributed by atoms with Crippen LogP contribution in [0.2, 0.25) is 5.04 Å². The summed E-state index contributed by atoms with van der Waals surface area (Å²) in [5, 5.41) is 2.23. The molecule has 1 saturated carbocycles. The minimum atomic E-state index is -2.84. The largest absolute Gasteiger partial charge is 0.468 e. The summed E-state index contributed by atoms with van der Waals surface area (Å²) in [4.78, 5) is 27.2. The first kappa shape index (κ1) is 27.8. The Morgan fingerprint density at radius 3 is 2.05 bits per heavy atom. The van der Waals surface area contributed by atoms with Gasteiger partial charge in [-0.1, -0.05) is 87.5 Å². The van der Waals surface area contributed by atoms with Crippen LogP contribution in [0.3, 0.4) is 0 Å². The van der Waals surface area contributed by atoms with Crippen molar-refractivity contribution in [3.63, 3.8) is 0 Å². The van der Waals surface area contributed by atoms with Crippen LogP contribution in [0.1, 0.15) is 46.5 Å². The van der Waals surface area contributed by atoms with Crippen molar-refractivity contribution in [1.29, 1.82) is 0 Å². The third-order valence-corrected chi connectivity index (χ3v) is 16.8. The number of methoxy groups -OCH3 is 1. The summed E-state index contributed by atoms with van der Waals surface area (Å²) in [7, 11) is -1.38. The van der Waals surface area contributed by atoms with Gasteiger partial charge in [0.2, 0.25) is 0 Å². The maximum atomic E-state index is 13.6. The molecule has 0 spiro atoms. The fourth-order valence-corrected chi connectivity index (χ4v) is 14.5. The summed E-state index contributed by atoms with van der Waals surface area (Å²) < 4.78 is 13.3. The summed E-state index contributed by atoms with van der Waals surface area (Å²) in [6, 6.07) is 21.2. The molecule has 0 bridgehead atoms. The third-order valence-electron chi connectivity index (χ3n) is 8.38. The van der Waals surface area contributed by atoms with Gasteiger partial charge in [0.25, 0.3) is 8.32 Å². The predicted molar refractivity (Wildman–Crippen MR) is 161 cm³/mol. The lowest BCUT2D eigenvalue weighted by molar-refractivity contribution is -0.152. The molecule has 7 heteroatoms. The molecule has 0 aromatic heterocycles. The van der Waals surface area contributed by atoms with E-state index in [1.165, 1.54) is 17.5 Å². The molecule has 2 aromatic rings. The number of carbonyl (C=O) groups is 2. The normalized spacial score (nSPS) is 26.5. The molecule has 0 amide bonds. The highest BCUT2D eigenvalue weighted by molar-refractivity contribution is 8.20. The first-order valence-corrected chi connectivity index (χ1v) is 17.6. The minimum Gasteiger partial charge on any atom is -0.468 e. The van der Waals surface area contributed by atoms with Gasteiger partial charge in [-0.15, -0.1) is 23.5 Å². The van der Waals surface area contributed by atoms with Crippen LogP contribution in [-0.2, 0) is 18.8 Å². The number of rotatable bonds is 6. The van der Waals surface area contributed by atoms with Gasteiger partial charge in [0.15, 0.2) is 5.78 Å². The third kappa shape index (κ3) is 4.84. The molecule has 0 radical (unpaired) electrons. The van der Waals surface area contributed by atoms with E-state index in [0.29, 0.717) is 35.8 Å². The van der Waals surface area contributed by atoms with Crippen molar-refractivity contribution in [2.24, 2.45) is 11.3 Å². The van der Waals surface area contributed by atoms with Gasteiger partial charge in [0.05, 0.1) is 17.1 Å². The second-order valence-corrected chi connectivity index (χ2v) is 18.8. The first-order chi connectivity index (χ1) is 18.2. The van der Waals surface area contributed by atoms with Crippen molar-refractivity contribution < 1.29 is 18.8 Å². The monoisotopic (exact) mass is 566 g/mol. The van der Waals surface area contributed by atoms with E-state index in [0.717, 1.165) is 11.5 Å². The average molecular weight is 567 g/mol. The van der Waals surface area contributed by atoms with E-state index in [1.54, 1.807) is 0 Å². The molecule has 2 aliphatic carbocycles. The lowest BCUT2D eigenvalue weighted by Gasteiger charge is -2.46. The number of benzene rings is 2. The molecule has 38 heavy (non-hydrogen) atoms. The van der Waals surface area contributed by atoms with Gasteiger partial charge in [-0.2, -0.15) is 0 Å². The van der Waals surface area contributed by atoms with Gasteiger partial charge in [-0.25, -0.2) is 0 Å². The number of hydrogen-bond donors (Lipinski definition) is 0. The highest BCUT2D eigenvalue weighted by Crippen LogP contribution is 2.55. The Balaban J connectivity index is 1.59. The first-order valence-electron chi connectivity index (χ1n) is 13.6. The topological polar surface area (TPSA) is 52.6 Å². The molecule has 0 N–H and O–H groups in total. The van der Waals surface area contributed by atoms with E-state index < -0.39 is 13.7 Å². The van der Waals surface area contributed by atoms with E-state index in [1.807, 2.05) is 35.7 Å². The van der Waals surface area contributed by atoms with Crippen LogP contribution >= 0.6 is 23.5 Å². The van der Waals surface area contributed by atoms with Crippen LogP contribution in [0.5, 0.6) is 0 Å². The minimum absolute atomic E-state index is 0.0828. The lowest BCUT2D eigenvalue weighted by Crippen LogP contribution is -2.67. The van der Waals surface area contributed by atoms with E-state index >= 15 is 0 Å². The van der Waals surface area contributed by atoms with E-state index in [2.05, 4.69) is 75.4 Å². The second-order valence-electron chi connectivity index (χ2n) is 11.7. The molecule has 2 fully saturated rings. The number of carbonyl (C=O) groups excluding carboxylic acids is 2. The summed E-state index contributed by atoms with van der Waals surface area (Å²) in [5.74, 6) is 2.23. The van der Waals surface area contributed by atoms with Crippen LogP contribution in [-0.4, -0.2) is 49.4 Å². The molecule has 5 rings (SSSR count). The zero-order chi connectivity index (χ0) is 27.0. The van der Waals surface area contributed by atoms with Gasteiger partial charge < -0.3 is 9.16 Å². The van der Waals surface area contributed by atoms with Crippen molar-refractivity contribution in [2.75, 3.05) is 18.6 Å². The highest BCUT2D eigenvalue weighted by Gasteiger charge is 2.57. The van der Waals surface area contributed by atoms with Gasteiger partial charge in [-0.05, 0) is 40.6 Å². The number of esters is 1. The Labute approximate surface area is 236 Å². The molecule has 4 nitrogen and oxygen atoms in total. The van der Waals surface area contributed by atoms with E-state index in [-0.39, 0.29) is 28.8 Å². The van der Waals surface area contributed by atoms with Crippen molar-refractivity contribution in [1.82, 2.24) is 0 Å². The molecular weight excluding hydrogens is 529 g/mol. The molecule has 1 saturated heterocycles. The standard InChI is InChI=1S/C31H38O4S2Si/c1-30(2,3)38(24-11-7-5-8-12-24,25-13-9-6-10-14-25)35-23-15-16-27(32)26-19-22(28-36-17-18-37-28)20-31(26,21-23)29(33)34-4/h5-14,19,22-23,28H,15-18,20-21H2,1-4H3/t22-,23-,31-/m0/s1. The van der Waals surface area contributed by atoms with Gasteiger partial charge in [0, 0.05) is 29.6 Å². The smallest absolute Gasteiger partial charge is 0.316 e. The maximum Gasteiger partial charge on any atom is 0.316 e. The maximum absolute atomic E-state index is 13.6. The molecule has 0 unspecified atom stereocenters. The quantitative estimate of drug-likeness (QED) is 0.335. The van der Waals surface area contributed by atoms with Crippen LogP contribution in [0.4, 0.5) is 0 Å². The molecule has 2 aromatic carbocycles. The summed E-state index contributed by atoms with van der Waals surface area (Å²) >= 11 is 3.90. The molecule has 202 valence electrons. The average Bonchev–Trinajstić information content (AvgIpc) is 3.56. The summed E-state index contributed by atoms with van der Waals surface area (Å²) in [6.45, 7) is 6.80. The number of Topliss-reactive ketones (excluding diaryl/α,β-unsaturated/α-hetero) is 1. The van der Waals surface area contributed by atoms with Crippen molar-refractivity contribution in [3.8, 4) is 0 Å². The Kier molecular flexibility index (Phi) is 8.03. The van der Waals surface area contributed by atoms with Crippen LogP contribution < -0.4 is 10.4 Å². The number of ketones is 1. The predicted octanol–water partition coefficient (Wildman–Crippen LogP) is 5.60. The number of ether oxygens (including phenoxy) is 1. The van der Waals surface area contributed by atoms with E-state index in [4.69, 9.17) is 9.16 Å². The van der Waals surface area contributed by atoms with E-state index in [9.17, 15) is 9.59 Å². The fourth-order valence-electron chi connectivity index (χ4n) is 6.73. The molecule has 1 heterocycles. The highest BCUT2D eigenvalue weighted by atomic mass is 32.2. The van der Waals surface area contributed by atoms with Crippen LogP contribution in [0.15, 0.2) is 72.3 Å². The van der Waals surface area contributed by atoms with Gasteiger partial charge in [-0.3, -0.25) is 9.59 Å². The van der Waals surface area contributed by atoms with Gasteiger partial charge >= 0.3 is 5.97 Å². The Bertz CT molecular complexity index is 1150. The van der Waals surface area contributed by atoms with Crippen molar-refractivity contribution >= 4 is 54.0 Å². The van der Waals surface area contributed by atoms with Crippen LogP contribution in [0.25, 0.3) is 0 Å². The zero-order valence-corrected chi connectivity index (χ0v) is 25.4. The van der Waals surface area contributed by atoms with Gasteiger partial charge in [0.1, 0.15) is 0 Å². The SMILES string of the molecule is COC(=O)[C@@]12C[C@@H](O[Si](c3ccccc3)(c3ccccc3)C(C)(C)C)CCC(=O)C1=C[C@H](C1SCCS1)C2.